The molecule has 0 aliphatic heterocycles. The normalized spacial score (nSPS) is 12.6. The second-order valence-electron chi connectivity index (χ2n) is 3.19. The van der Waals surface area contributed by atoms with E-state index in [1.807, 2.05) is 36.4 Å². The average Bonchev–Trinajstić information content (AvgIpc) is 2.27. The number of rotatable bonds is 2. The van der Waals surface area contributed by atoms with E-state index in [1.165, 1.54) is 0 Å². The van der Waals surface area contributed by atoms with Crippen LogP contribution in [0.2, 0.25) is 0 Å². The van der Waals surface area contributed by atoms with Crippen LogP contribution in [-0.4, -0.2) is 11.4 Å². The number of aliphatic hydroxyl groups excluding tert-OH is 1. The zero-order valence-corrected chi connectivity index (χ0v) is 7.55. The first-order valence-electron chi connectivity index (χ1n) is 4.43. The maximum Gasteiger partial charge on any atom is 0.153 e. The van der Waals surface area contributed by atoms with E-state index < -0.39 is 6.10 Å². The number of benzene rings is 2. The van der Waals surface area contributed by atoms with E-state index in [9.17, 15) is 9.90 Å². The summed E-state index contributed by atoms with van der Waals surface area (Å²) in [4.78, 5) is 10.4. The first kappa shape index (κ1) is 8.91. The average molecular weight is 186 g/mol. The fourth-order valence-corrected chi connectivity index (χ4v) is 1.47. The van der Waals surface area contributed by atoms with Crippen molar-refractivity contribution in [1.82, 2.24) is 0 Å². The van der Waals surface area contributed by atoms with E-state index in [0.717, 1.165) is 10.8 Å². The van der Waals surface area contributed by atoms with Crippen LogP contribution in [0.4, 0.5) is 0 Å². The van der Waals surface area contributed by atoms with Crippen LogP contribution in [0.25, 0.3) is 10.8 Å². The third kappa shape index (κ3) is 1.52. The van der Waals surface area contributed by atoms with Crippen LogP contribution in [0.15, 0.2) is 42.5 Å². The van der Waals surface area contributed by atoms with Gasteiger partial charge in [0.1, 0.15) is 6.10 Å². The van der Waals surface area contributed by atoms with Gasteiger partial charge in [-0.3, -0.25) is 0 Å². The smallest absolute Gasteiger partial charge is 0.153 e. The minimum atomic E-state index is -1.01. The summed E-state index contributed by atoms with van der Waals surface area (Å²) in [5.74, 6) is 0. The zero-order valence-electron chi connectivity index (χ0n) is 7.55. The van der Waals surface area contributed by atoms with Crippen LogP contribution in [0.3, 0.4) is 0 Å². The van der Waals surface area contributed by atoms with Gasteiger partial charge < -0.3 is 9.90 Å². The Hall–Kier alpha value is -1.67. The molecule has 2 rings (SSSR count). The minimum absolute atomic E-state index is 0.532. The summed E-state index contributed by atoms with van der Waals surface area (Å²) in [5.41, 5.74) is 0.638. The fraction of sp³-hybridized carbons (Fsp3) is 0.0833. The van der Waals surface area contributed by atoms with Crippen molar-refractivity contribution in [2.24, 2.45) is 0 Å². The number of hydrogen-bond acceptors (Lipinski definition) is 2. The first-order chi connectivity index (χ1) is 6.81. The first-order valence-corrected chi connectivity index (χ1v) is 4.43. The topological polar surface area (TPSA) is 37.3 Å². The van der Waals surface area contributed by atoms with Crippen molar-refractivity contribution in [2.45, 2.75) is 6.10 Å². The van der Waals surface area contributed by atoms with Crippen molar-refractivity contribution in [2.75, 3.05) is 0 Å². The van der Waals surface area contributed by atoms with Gasteiger partial charge in [0, 0.05) is 0 Å². The van der Waals surface area contributed by atoms with Gasteiger partial charge in [-0.25, -0.2) is 0 Å². The number of carbonyl (C=O) groups is 1. The number of hydrogen-bond donors (Lipinski definition) is 1. The third-order valence-corrected chi connectivity index (χ3v) is 2.24. The van der Waals surface area contributed by atoms with Crippen LogP contribution < -0.4 is 0 Å². The van der Waals surface area contributed by atoms with Gasteiger partial charge in [-0.2, -0.15) is 0 Å². The van der Waals surface area contributed by atoms with E-state index in [-0.39, 0.29) is 0 Å². The van der Waals surface area contributed by atoms with Crippen molar-refractivity contribution in [3.05, 3.63) is 48.0 Å². The maximum atomic E-state index is 10.4. The van der Waals surface area contributed by atoms with Crippen LogP contribution in [0.5, 0.6) is 0 Å². The van der Waals surface area contributed by atoms with Crippen LogP contribution in [-0.2, 0) is 4.79 Å². The Morgan fingerprint density at radius 1 is 1.07 bits per heavy atom. The van der Waals surface area contributed by atoms with E-state index in [4.69, 9.17) is 0 Å². The molecule has 2 nitrogen and oxygen atoms in total. The minimum Gasteiger partial charge on any atom is -0.381 e. The lowest BCUT2D eigenvalue weighted by Gasteiger charge is -2.04. The van der Waals surface area contributed by atoms with Gasteiger partial charge >= 0.3 is 0 Å². The summed E-state index contributed by atoms with van der Waals surface area (Å²) in [6.07, 6.45) is -0.482. The van der Waals surface area contributed by atoms with Crippen molar-refractivity contribution in [3.8, 4) is 0 Å². The van der Waals surface area contributed by atoms with Gasteiger partial charge in [-0.15, -0.1) is 0 Å². The Balaban J connectivity index is 2.56. The molecule has 70 valence electrons. The number of fused-ring (bicyclic) bond motifs is 1. The molecular formula is C12H10O2. The molecule has 14 heavy (non-hydrogen) atoms. The van der Waals surface area contributed by atoms with Crippen LogP contribution in [0, 0.1) is 0 Å². The standard InChI is InChI=1S/C12H10O2/c13-8-12(14)11-6-5-9-3-1-2-4-10(9)7-11/h1-8,12,14H. The highest BCUT2D eigenvalue weighted by Crippen LogP contribution is 2.19. The van der Waals surface area contributed by atoms with Gasteiger partial charge in [-0.1, -0.05) is 36.4 Å². The molecule has 0 aliphatic rings. The Kier molecular flexibility index (Phi) is 2.29. The van der Waals surface area contributed by atoms with Gasteiger partial charge in [0.05, 0.1) is 0 Å². The second-order valence-corrected chi connectivity index (χ2v) is 3.19. The highest BCUT2D eigenvalue weighted by atomic mass is 16.3. The van der Waals surface area contributed by atoms with Gasteiger partial charge in [0.2, 0.25) is 0 Å². The number of aliphatic hydroxyl groups is 1. The van der Waals surface area contributed by atoms with E-state index in [1.54, 1.807) is 6.07 Å². The molecule has 0 spiro atoms. The molecule has 2 aromatic carbocycles. The molecule has 0 saturated carbocycles. The van der Waals surface area contributed by atoms with Gasteiger partial charge in [0.15, 0.2) is 6.29 Å². The molecule has 0 heterocycles. The molecule has 2 aromatic rings. The lowest BCUT2D eigenvalue weighted by atomic mass is 10.0. The van der Waals surface area contributed by atoms with E-state index in [2.05, 4.69) is 0 Å². The molecule has 0 aliphatic carbocycles. The lowest BCUT2D eigenvalue weighted by molar-refractivity contribution is -0.115. The van der Waals surface area contributed by atoms with Gasteiger partial charge in [-0.05, 0) is 22.4 Å². The Bertz CT molecular complexity index is 463. The molecule has 0 radical (unpaired) electrons. The monoisotopic (exact) mass is 186 g/mol. The summed E-state index contributed by atoms with van der Waals surface area (Å²) in [6.45, 7) is 0. The molecule has 0 saturated heterocycles. The highest BCUT2D eigenvalue weighted by molar-refractivity contribution is 5.83. The van der Waals surface area contributed by atoms with Crippen LogP contribution in [0.1, 0.15) is 11.7 Å². The SMILES string of the molecule is O=CC(O)c1ccc2ccccc2c1. The second kappa shape index (κ2) is 3.60. The predicted molar refractivity (Wildman–Crippen MR) is 55.0 cm³/mol. The molecule has 2 heteroatoms. The third-order valence-electron chi connectivity index (χ3n) is 2.24. The predicted octanol–water partition coefficient (Wildman–Crippen LogP) is 2.07. The quantitative estimate of drug-likeness (QED) is 0.729. The fourth-order valence-electron chi connectivity index (χ4n) is 1.47. The number of aldehydes is 1. The van der Waals surface area contributed by atoms with E-state index >= 15 is 0 Å². The summed E-state index contributed by atoms with van der Waals surface area (Å²) < 4.78 is 0. The van der Waals surface area contributed by atoms with Crippen molar-refractivity contribution in [3.63, 3.8) is 0 Å². The number of carbonyl (C=O) groups excluding carboxylic acids is 1. The van der Waals surface area contributed by atoms with Crippen molar-refractivity contribution < 1.29 is 9.90 Å². The molecule has 1 unspecified atom stereocenters. The highest BCUT2D eigenvalue weighted by Gasteiger charge is 2.05. The summed E-state index contributed by atoms with van der Waals surface area (Å²) in [7, 11) is 0. The zero-order chi connectivity index (χ0) is 9.97. The largest absolute Gasteiger partial charge is 0.381 e. The molecule has 0 amide bonds. The van der Waals surface area contributed by atoms with Crippen molar-refractivity contribution >= 4 is 17.1 Å². The molecule has 0 bridgehead atoms. The lowest BCUT2D eigenvalue weighted by Crippen LogP contribution is -1.97. The summed E-state index contributed by atoms with van der Waals surface area (Å²) in [6, 6.07) is 13.3. The Labute approximate surface area is 81.8 Å². The summed E-state index contributed by atoms with van der Waals surface area (Å²) in [5, 5.41) is 11.5. The molecular weight excluding hydrogens is 176 g/mol. The Morgan fingerprint density at radius 3 is 2.50 bits per heavy atom. The molecule has 0 fully saturated rings. The molecule has 1 N–H and O–H groups in total. The van der Waals surface area contributed by atoms with E-state index in [0.29, 0.717) is 11.8 Å². The van der Waals surface area contributed by atoms with Gasteiger partial charge in [0.25, 0.3) is 0 Å². The van der Waals surface area contributed by atoms with Crippen LogP contribution >= 0.6 is 0 Å². The molecule has 0 aromatic heterocycles. The summed E-state index contributed by atoms with van der Waals surface area (Å²) >= 11 is 0. The maximum absolute atomic E-state index is 10.4. The molecule has 1 atom stereocenters. The Morgan fingerprint density at radius 2 is 1.79 bits per heavy atom. The van der Waals surface area contributed by atoms with Crippen molar-refractivity contribution in [1.29, 1.82) is 0 Å².